The maximum absolute atomic E-state index is 14.0. The van der Waals surface area contributed by atoms with Gasteiger partial charge in [-0.15, -0.1) is 0 Å². The third kappa shape index (κ3) is 20.1. The van der Waals surface area contributed by atoms with E-state index in [0.29, 0.717) is 0 Å². The summed E-state index contributed by atoms with van der Waals surface area (Å²) in [5.74, 6) is -9.22. The molecule has 0 aliphatic heterocycles. The zero-order chi connectivity index (χ0) is 52.5. The SMILES string of the molecule is CC(C)OC(=O)[C@@H](NC(=O)[C@@H](NC(=O)[C@@H](NC(=O)[C@@H](NC(=O)[C@@H](NC(=O)[C@@H](NC(=O)[C@@H](NC(=O)[C@@H](NC(=O)[C@@H](N)C(C)C)C(C)C)C(C)C)C(C)C)C(C)C)C(C)C)C(C)C)C(C)C)C(C)C. The van der Waals surface area contributed by atoms with Crippen molar-refractivity contribution in [2.45, 2.75) is 199 Å². The third-order valence-corrected chi connectivity index (χ3v) is 11.3. The molecule has 9 atom stereocenters. The molecule has 0 spiro atoms. The number of nitrogens with one attached hydrogen (secondary N) is 8. The van der Waals surface area contributed by atoms with E-state index in [2.05, 4.69) is 42.5 Å². The molecule has 0 radical (unpaired) electrons. The number of carbonyl (C=O) groups is 9. The molecule has 0 aromatic rings. The molecule has 0 rings (SSSR count). The molecule has 0 saturated heterocycles. The van der Waals surface area contributed by atoms with Gasteiger partial charge in [0.25, 0.3) is 0 Å². The fraction of sp³-hybridized carbons (Fsp3) is 0.812. The summed E-state index contributed by atoms with van der Waals surface area (Å²) in [6.07, 6.45) is -0.401. The summed E-state index contributed by atoms with van der Waals surface area (Å²) in [5.41, 5.74) is 6.01. The molecule has 0 aliphatic rings. The molecule has 0 heterocycles. The van der Waals surface area contributed by atoms with E-state index in [1.165, 1.54) is 0 Å². The topological polar surface area (TPSA) is 285 Å². The van der Waals surface area contributed by atoms with Crippen LogP contribution in [0.1, 0.15) is 138 Å². The highest BCUT2D eigenvalue weighted by molar-refractivity contribution is 5.98. The molecule has 0 aromatic heterocycles. The summed E-state index contributed by atoms with van der Waals surface area (Å²) >= 11 is 0. The van der Waals surface area contributed by atoms with Crippen LogP contribution in [0.4, 0.5) is 0 Å². The van der Waals surface area contributed by atoms with Crippen LogP contribution in [0.2, 0.25) is 0 Å². The standard InChI is InChI=1S/C48H89N9O10/c1-21(2)31(49)40(58)50-32(22(3)4)41(59)51-33(23(5)6)42(60)52-34(24(7)8)43(61)53-35(25(9)10)44(62)54-36(26(11)12)45(63)55-37(27(13)14)46(64)56-38(28(15)16)47(65)57-39(29(17)18)48(66)67-30(19)20/h21-39H,49H2,1-20H3,(H,50,58)(H,51,59)(H,52,60)(H,53,61)(H,54,62)(H,55,63)(H,56,64)(H,57,65)/t31-,32-,33-,34-,35-,36-,37-,38-,39-/m0/s1. The first-order valence-electron chi connectivity index (χ1n) is 24.1. The van der Waals surface area contributed by atoms with Crippen molar-refractivity contribution < 1.29 is 47.9 Å². The van der Waals surface area contributed by atoms with Crippen LogP contribution in [0, 0.1) is 53.3 Å². The highest BCUT2D eigenvalue weighted by Gasteiger charge is 2.39. The van der Waals surface area contributed by atoms with Crippen LogP contribution < -0.4 is 48.3 Å². The number of carbonyl (C=O) groups excluding carboxylic acids is 9. The summed E-state index contributed by atoms with van der Waals surface area (Å²) < 4.78 is 5.34. The Morgan fingerprint density at radius 3 is 0.582 bits per heavy atom. The summed E-state index contributed by atoms with van der Waals surface area (Å²) in [5, 5.41) is 21.9. The van der Waals surface area contributed by atoms with Crippen molar-refractivity contribution in [2.24, 2.45) is 59.0 Å². The molecule has 67 heavy (non-hydrogen) atoms. The van der Waals surface area contributed by atoms with Crippen molar-refractivity contribution in [3.8, 4) is 0 Å². The van der Waals surface area contributed by atoms with Gasteiger partial charge in [0.05, 0.1) is 12.1 Å². The van der Waals surface area contributed by atoms with Gasteiger partial charge in [0.1, 0.15) is 48.3 Å². The minimum Gasteiger partial charge on any atom is -0.461 e. The first-order chi connectivity index (χ1) is 30.7. The Bertz CT molecular complexity index is 1680. The van der Waals surface area contributed by atoms with Gasteiger partial charge in [-0.05, 0) is 67.1 Å². The Kier molecular flexibility index (Phi) is 26.5. The minimum absolute atomic E-state index is 0.175. The third-order valence-electron chi connectivity index (χ3n) is 11.3. The van der Waals surface area contributed by atoms with Crippen LogP contribution in [-0.2, 0) is 47.9 Å². The fourth-order valence-electron chi connectivity index (χ4n) is 6.80. The van der Waals surface area contributed by atoms with Gasteiger partial charge in [-0.1, -0.05) is 125 Å². The van der Waals surface area contributed by atoms with Crippen molar-refractivity contribution in [3.63, 3.8) is 0 Å². The predicted octanol–water partition coefficient (Wildman–Crippen LogP) is 2.05. The van der Waals surface area contributed by atoms with Gasteiger partial charge in [-0.25, -0.2) is 4.79 Å². The number of ether oxygens (including phenoxy) is 1. The molecule has 0 aliphatic carbocycles. The van der Waals surface area contributed by atoms with Crippen molar-refractivity contribution >= 4 is 53.2 Å². The number of esters is 1. The summed E-state index contributed by atoms with van der Waals surface area (Å²) in [7, 11) is 0. The molecule has 19 nitrogen and oxygen atoms in total. The van der Waals surface area contributed by atoms with E-state index in [-0.39, 0.29) is 17.8 Å². The van der Waals surface area contributed by atoms with E-state index >= 15 is 0 Å². The Morgan fingerprint density at radius 2 is 0.433 bits per heavy atom. The molecular formula is C48H89N9O10. The maximum atomic E-state index is 14.0. The lowest BCUT2D eigenvalue weighted by molar-refractivity contribution is -0.153. The van der Waals surface area contributed by atoms with E-state index < -0.39 is 149 Å². The number of rotatable bonds is 27. The smallest absolute Gasteiger partial charge is 0.329 e. The lowest BCUT2D eigenvalue weighted by atomic mass is 9.96. The van der Waals surface area contributed by atoms with Gasteiger partial charge >= 0.3 is 5.97 Å². The Morgan fingerprint density at radius 1 is 0.269 bits per heavy atom. The second-order valence-corrected chi connectivity index (χ2v) is 21.1. The van der Waals surface area contributed by atoms with Crippen molar-refractivity contribution in [1.29, 1.82) is 0 Å². The number of hydrogen-bond acceptors (Lipinski definition) is 11. The number of nitrogens with two attached hydrogens (primary N) is 1. The van der Waals surface area contributed by atoms with E-state index in [4.69, 9.17) is 10.5 Å². The molecule has 10 N–H and O–H groups in total. The molecule has 19 heteroatoms. The van der Waals surface area contributed by atoms with Crippen LogP contribution in [-0.4, -0.2) is 114 Å². The molecular weight excluding hydrogens is 863 g/mol. The van der Waals surface area contributed by atoms with Crippen molar-refractivity contribution in [3.05, 3.63) is 0 Å². The summed E-state index contributed by atoms with van der Waals surface area (Å²) in [6, 6.07) is -9.60. The van der Waals surface area contributed by atoms with Crippen LogP contribution in [0.15, 0.2) is 0 Å². The minimum atomic E-state index is -1.17. The Labute approximate surface area is 400 Å². The second-order valence-electron chi connectivity index (χ2n) is 21.1. The molecule has 0 aromatic carbocycles. The van der Waals surface area contributed by atoms with Gasteiger partial charge in [-0.2, -0.15) is 0 Å². The molecule has 0 unspecified atom stereocenters. The van der Waals surface area contributed by atoms with Gasteiger partial charge in [-0.3, -0.25) is 38.4 Å². The van der Waals surface area contributed by atoms with Gasteiger partial charge < -0.3 is 53.0 Å². The van der Waals surface area contributed by atoms with E-state index in [0.717, 1.165) is 0 Å². The van der Waals surface area contributed by atoms with Gasteiger partial charge in [0, 0.05) is 0 Å². The average Bonchev–Trinajstić information content (AvgIpc) is 3.19. The normalized spacial score (nSPS) is 16.0. The quantitative estimate of drug-likeness (QED) is 0.0538. The number of amides is 8. The molecule has 0 bridgehead atoms. The lowest BCUT2D eigenvalue weighted by Gasteiger charge is -2.32. The first-order valence-corrected chi connectivity index (χ1v) is 24.1. The Balaban J connectivity index is 6.28. The van der Waals surface area contributed by atoms with Crippen LogP contribution in [0.3, 0.4) is 0 Å². The fourth-order valence-corrected chi connectivity index (χ4v) is 6.80. The summed E-state index contributed by atoms with van der Waals surface area (Å²) in [6.45, 7) is 34.6. The van der Waals surface area contributed by atoms with E-state index in [9.17, 15) is 43.2 Å². The van der Waals surface area contributed by atoms with Gasteiger partial charge in [0.15, 0.2) is 0 Å². The monoisotopic (exact) mass is 952 g/mol. The molecule has 386 valence electrons. The van der Waals surface area contributed by atoms with Crippen LogP contribution in [0.5, 0.6) is 0 Å². The highest BCUT2D eigenvalue weighted by atomic mass is 16.5. The molecule has 8 amide bonds. The Hall–Kier alpha value is -4.81. The second kappa shape index (κ2) is 28.5. The number of hydrogen-bond donors (Lipinski definition) is 9. The van der Waals surface area contributed by atoms with Crippen LogP contribution in [0.25, 0.3) is 0 Å². The zero-order valence-corrected chi connectivity index (χ0v) is 44.1. The first kappa shape index (κ1) is 62.2. The van der Waals surface area contributed by atoms with E-state index in [1.54, 1.807) is 138 Å². The predicted molar refractivity (Wildman–Crippen MR) is 258 cm³/mol. The summed E-state index contributed by atoms with van der Waals surface area (Å²) in [4.78, 5) is 122. The molecule has 0 fully saturated rings. The van der Waals surface area contributed by atoms with Crippen molar-refractivity contribution in [2.75, 3.05) is 0 Å². The zero-order valence-electron chi connectivity index (χ0n) is 44.1. The largest absolute Gasteiger partial charge is 0.461 e. The van der Waals surface area contributed by atoms with Gasteiger partial charge in [0.2, 0.25) is 47.3 Å². The average molecular weight is 952 g/mol. The van der Waals surface area contributed by atoms with Crippen LogP contribution >= 0.6 is 0 Å². The maximum Gasteiger partial charge on any atom is 0.329 e. The van der Waals surface area contributed by atoms with E-state index in [1.807, 2.05) is 0 Å². The molecule has 0 saturated carbocycles. The lowest BCUT2D eigenvalue weighted by Crippen LogP contribution is -2.63. The highest BCUT2D eigenvalue weighted by Crippen LogP contribution is 2.15. The van der Waals surface area contributed by atoms with Crippen molar-refractivity contribution in [1.82, 2.24) is 42.5 Å².